The Hall–Kier alpha value is -1.02. The summed E-state index contributed by atoms with van der Waals surface area (Å²) in [5.74, 6) is 0.648. The fraction of sp³-hybridized carbons (Fsp3) is 0.647. The van der Waals surface area contributed by atoms with Gasteiger partial charge in [-0.2, -0.15) is 0 Å². The molecule has 2 unspecified atom stereocenters. The molecule has 2 heteroatoms. The van der Waals surface area contributed by atoms with Crippen molar-refractivity contribution in [3.8, 4) is 0 Å². The number of hydrogen-bond donors (Lipinski definition) is 1. The average molecular weight is 258 g/mol. The van der Waals surface area contributed by atoms with Gasteiger partial charge < -0.3 is 10.6 Å². The molecule has 2 atom stereocenters. The maximum absolute atomic E-state index is 6.53. The van der Waals surface area contributed by atoms with Crippen LogP contribution >= 0.6 is 0 Å². The topological polar surface area (TPSA) is 29.3 Å². The van der Waals surface area contributed by atoms with Gasteiger partial charge in [0.25, 0.3) is 0 Å². The van der Waals surface area contributed by atoms with Gasteiger partial charge >= 0.3 is 0 Å². The van der Waals surface area contributed by atoms with Crippen molar-refractivity contribution < 1.29 is 0 Å². The number of para-hydroxylation sites is 1. The molecule has 0 saturated heterocycles. The van der Waals surface area contributed by atoms with E-state index in [1.165, 1.54) is 43.5 Å². The SMILES string of the molecule is CC1(C)CCCC(CN2CCc3ccccc32)C1N. The average Bonchev–Trinajstić information content (AvgIpc) is 2.79. The summed E-state index contributed by atoms with van der Waals surface area (Å²) in [6.45, 7) is 6.98. The van der Waals surface area contributed by atoms with Gasteiger partial charge in [-0.15, -0.1) is 0 Å². The molecule has 0 bridgehead atoms. The predicted octanol–water partition coefficient (Wildman–Crippen LogP) is 3.20. The van der Waals surface area contributed by atoms with Gasteiger partial charge in [0.15, 0.2) is 0 Å². The van der Waals surface area contributed by atoms with Gasteiger partial charge in [0.2, 0.25) is 0 Å². The zero-order valence-corrected chi connectivity index (χ0v) is 12.2. The van der Waals surface area contributed by atoms with Gasteiger partial charge in [0, 0.05) is 24.8 Å². The van der Waals surface area contributed by atoms with Crippen LogP contribution in [0.5, 0.6) is 0 Å². The monoisotopic (exact) mass is 258 g/mol. The predicted molar refractivity (Wildman–Crippen MR) is 81.5 cm³/mol. The normalized spacial score (nSPS) is 29.3. The van der Waals surface area contributed by atoms with E-state index in [9.17, 15) is 0 Å². The number of nitrogens with zero attached hydrogens (tertiary/aromatic N) is 1. The quantitative estimate of drug-likeness (QED) is 0.882. The molecule has 2 nitrogen and oxygen atoms in total. The van der Waals surface area contributed by atoms with E-state index >= 15 is 0 Å². The first kappa shape index (κ1) is 13.0. The minimum atomic E-state index is 0.308. The summed E-state index contributed by atoms with van der Waals surface area (Å²) in [6.07, 6.45) is 5.10. The van der Waals surface area contributed by atoms with Crippen LogP contribution in [0.3, 0.4) is 0 Å². The first-order valence-corrected chi connectivity index (χ1v) is 7.66. The van der Waals surface area contributed by atoms with Crippen molar-refractivity contribution in [2.24, 2.45) is 17.1 Å². The molecule has 1 aromatic carbocycles. The van der Waals surface area contributed by atoms with E-state index in [2.05, 4.69) is 43.0 Å². The van der Waals surface area contributed by atoms with Crippen LogP contribution in [0.25, 0.3) is 0 Å². The fourth-order valence-electron chi connectivity index (χ4n) is 3.89. The molecule has 1 aromatic rings. The Bertz CT molecular complexity index is 452. The van der Waals surface area contributed by atoms with E-state index in [1.807, 2.05) is 0 Å². The summed E-state index contributed by atoms with van der Waals surface area (Å²) in [4.78, 5) is 2.56. The van der Waals surface area contributed by atoms with E-state index in [0.29, 0.717) is 17.4 Å². The highest BCUT2D eigenvalue weighted by Crippen LogP contribution is 2.39. The van der Waals surface area contributed by atoms with Crippen LogP contribution in [-0.4, -0.2) is 19.1 Å². The Morgan fingerprint density at radius 3 is 2.95 bits per heavy atom. The highest BCUT2D eigenvalue weighted by Gasteiger charge is 2.37. The second-order valence-electron chi connectivity index (χ2n) is 6.99. The molecule has 1 saturated carbocycles. The summed E-state index contributed by atoms with van der Waals surface area (Å²) >= 11 is 0. The first-order chi connectivity index (χ1) is 9.08. The van der Waals surface area contributed by atoms with E-state index in [0.717, 1.165) is 6.54 Å². The largest absolute Gasteiger partial charge is 0.371 e. The zero-order chi connectivity index (χ0) is 13.5. The minimum Gasteiger partial charge on any atom is -0.371 e. The number of anilines is 1. The van der Waals surface area contributed by atoms with Crippen molar-refractivity contribution in [2.45, 2.75) is 45.6 Å². The molecule has 1 aliphatic carbocycles. The lowest BCUT2D eigenvalue weighted by Crippen LogP contribution is -2.50. The lowest BCUT2D eigenvalue weighted by molar-refractivity contribution is 0.142. The number of hydrogen-bond acceptors (Lipinski definition) is 2. The molecule has 0 spiro atoms. The Labute approximate surface area is 117 Å². The number of fused-ring (bicyclic) bond motifs is 1. The molecule has 0 radical (unpaired) electrons. The van der Waals surface area contributed by atoms with Crippen molar-refractivity contribution in [3.05, 3.63) is 29.8 Å². The van der Waals surface area contributed by atoms with Gasteiger partial charge in [-0.1, -0.05) is 38.5 Å². The molecule has 0 amide bonds. The third-order valence-electron chi connectivity index (χ3n) is 5.24. The van der Waals surface area contributed by atoms with Crippen molar-refractivity contribution in [1.29, 1.82) is 0 Å². The standard InChI is InChI=1S/C17H26N2/c1-17(2)10-5-7-14(16(17)18)12-19-11-9-13-6-3-4-8-15(13)19/h3-4,6,8,14,16H,5,7,9-12,18H2,1-2H3. The number of nitrogens with two attached hydrogens (primary N) is 1. The minimum absolute atomic E-state index is 0.308. The van der Waals surface area contributed by atoms with Crippen LogP contribution in [0, 0.1) is 11.3 Å². The van der Waals surface area contributed by atoms with E-state index in [-0.39, 0.29) is 0 Å². The van der Waals surface area contributed by atoms with Gasteiger partial charge in [-0.25, -0.2) is 0 Å². The molecule has 3 rings (SSSR count). The lowest BCUT2D eigenvalue weighted by Gasteiger charge is -2.43. The second-order valence-corrected chi connectivity index (χ2v) is 6.99. The van der Waals surface area contributed by atoms with E-state index in [4.69, 9.17) is 5.73 Å². The first-order valence-electron chi connectivity index (χ1n) is 7.66. The summed E-state index contributed by atoms with van der Waals surface area (Å²) in [5.41, 5.74) is 9.78. The fourth-order valence-corrected chi connectivity index (χ4v) is 3.89. The summed E-state index contributed by atoms with van der Waals surface area (Å²) in [7, 11) is 0. The Balaban J connectivity index is 1.73. The maximum Gasteiger partial charge on any atom is 0.0399 e. The summed E-state index contributed by atoms with van der Waals surface area (Å²) in [6, 6.07) is 9.18. The smallest absolute Gasteiger partial charge is 0.0399 e. The van der Waals surface area contributed by atoms with Gasteiger partial charge in [-0.05, 0) is 42.2 Å². The third-order valence-corrected chi connectivity index (χ3v) is 5.24. The lowest BCUT2D eigenvalue weighted by atomic mass is 9.68. The highest BCUT2D eigenvalue weighted by atomic mass is 15.2. The molecule has 2 aliphatic rings. The van der Waals surface area contributed by atoms with E-state index in [1.54, 1.807) is 0 Å². The molecule has 2 N–H and O–H groups in total. The summed E-state index contributed by atoms with van der Waals surface area (Å²) in [5, 5.41) is 0. The molecule has 0 aromatic heterocycles. The highest BCUT2D eigenvalue weighted by molar-refractivity contribution is 5.57. The maximum atomic E-state index is 6.53. The Morgan fingerprint density at radius 2 is 2.11 bits per heavy atom. The van der Waals surface area contributed by atoms with Crippen LogP contribution in [0.2, 0.25) is 0 Å². The zero-order valence-electron chi connectivity index (χ0n) is 12.2. The van der Waals surface area contributed by atoms with Gasteiger partial charge in [0.1, 0.15) is 0 Å². The third kappa shape index (κ3) is 2.38. The Morgan fingerprint density at radius 1 is 1.32 bits per heavy atom. The molecule has 1 fully saturated rings. The van der Waals surface area contributed by atoms with Crippen LogP contribution in [0.1, 0.15) is 38.7 Å². The molecule has 1 heterocycles. The van der Waals surface area contributed by atoms with Crippen molar-refractivity contribution >= 4 is 5.69 Å². The van der Waals surface area contributed by atoms with Crippen LogP contribution < -0.4 is 10.6 Å². The van der Waals surface area contributed by atoms with Crippen LogP contribution in [0.15, 0.2) is 24.3 Å². The van der Waals surface area contributed by atoms with Crippen LogP contribution in [0.4, 0.5) is 5.69 Å². The Kier molecular flexibility index (Phi) is 3.30. The molecular weight excluding hydrogens is 232 g/mol. The molecule has 104 valence electrons. The van der Waals surface area contributed by atoms with Crippen molar-refractivity contribution in [1.82, 2.24) is 0 Å². The van der Waals surface area contributed by atoms with Crippen molar-refractivity contribution in [3.63, 3.8) is 0 Å². The summed E-state index contributed by atoms with van der Waals surface area (Å²) < 4.78 is 0. The molecule has 19 heavy (non-hydrogen) atoms. The van der Waals surface area contributed by atoms with Gasteiger partial charge in [0.05, 0.1) is 0 Å². The molecule has 1 aliphatic heterocycles. The van der Waals surface area contributed by atoms with E-state index < -0.39 is 0 Å². The number of rotatable bonds is 2. The second kappa shape index (κ2) is 4.82. The molecular formula is C17H26N2. The van der Waals surface area contributed by atoms with Crippen molar-refractivity contribution in [2.75, 3.05) is 18.0 Å². The van der Waals surface area contributed by atoms with Gasteiger partial charge in [-0.3, -0.25) is 0 Å². The number of benzene rings is 1. The van der Waals surface area contributed by atoms with Crippen LogP contribution in [-0.2, 0) is 6.42 Å².